The molecule has 1 aliphatic heterocycles. The third-order valence-electron chi connectivity index (χ3n) is 3.34. The molecule has 1 aliphatic carbocycles. The molecule has 1 aromatic rings. The topological polar surface area (TPSA) is 60.4 Å². The molecular formula is C11H10O4S. The summed E-state index contributed by atoms with van der Waals surface area (Å²) in [6.45, 7) is 0.241. The van der Waals surface area contributed by atoms with Crippen LogP contribution in [0.15, 0.2) is 35.2 Å². The summed E-state index contributed by atoms with van der Waals surface area (Å²) in [5.41, 5.74) is 0. The van der Waals surface area contributed by atoms with Gasteiger partial charge in [-0.3, -0.25) is 4.79 Å². The zero-order valence-electron chi connectivity index (χ0n) is 8.42. The Labute approximate surface area is 93.1 Å². The maximum absolute atomic E-state index is 12.3. The highest BCUT2D eigenvalue weighted by atomic mass is 32.2. The number of cyclic esters (lactones) is 1. The Morgan fingerprint density at radius 1 is 1.25 bits per heavy atom. The van der Waals surface area contributed by atoms with Crippen LogP contribution in [-0.4, -0.2) is 25.7 Å². The van der Waals surface area contributed by atoms with E-state index in [-0.39, 0.29) is 17.4 Å². The zero-order valence-corrected chi connectivity index (χ0v) is 9.24. The maximum Gasteiger partial charge on any atom is 0.328 e. The Kier molecular flexibility index (Phi) is 1.75. The average Bonchev–Trinajstić information content (AvgIpc) is 2.96. The van der Waals surface area contributed by atoms with E-state index in [0.29, 0.717) is 6.42 Å². The fourth-order valence-corrected chi connectivity index (χ4v) is 4.44. The van der Waals surface area contributed by atoms with Crippen LogP contribution >= 0.6 is 0 Å². The van der Waals surface area contributed by atoms with E-state index in [0.717, 1.165) is 0 Å². The summed E-state index contributed by atoms with van der Waals surface area (Å²) in [7, 11) is -3.59. The quantitative estimate of drug-likeness (QED) is 0.714. The normalized spacial score (nSPS) is 32.0. The van der Waals surface area contributed by atoms with Crippen LogP contribution in [0.4, 0.5) is 0 Å². The van der Waals surface area contributed by atoms with E-state index >= 15 is 0 Å². The predicted molar refractivity (Wildman–Crippen MR) is 55.4 cm³/mol. The van der Waals surface area contributed by atoms with Gasteiger partial charge in [-0.25, -0.2) is 8.42 Å². The van der Waals surface area contributed by atoms with Crippen LogP contribution in [-0.2, 0) is 19.4 Å². The first-order valence-corrected chi connectivity index (χ1v) is 6.54. The molecule has 3 rings (SSSR count). The number of hydrogen-bond acceptors (Lipinski definition) is 4. The van der Waals surface area contributed by atoms with E-state index in [4.69, 9.17) is 4.74 Å². The standard InChI is InChI=1S/C11H10O4S/c12-10-11(6-8(11)7-15-10)16(13,14)9-4-2-1-3-5-9/h1-5,8H,6-7H2/t8-,11+/m0/s1. The number of ether oxygens (including phenoxy) is 1. The number of carbonyl (C=O) groups excluding carboxylic acids is 1. The minimum Gasteiger partial charge on any atom is -0.464 e. The van der Waals surface area contributed by atoms with Crippen LogP contribution in [0.1, 0.15) is 6.42 Å². The first-order chi connectivity index (χ1) is 7.59. The van der Waals surface area contributed by atoms with Gasteiger partial charge in [0.25, 0.3) is 0 Å². The van der Waals surface area contributed by atoms with Gasteiger partial charge < -0.3 is 4.74 Å². The van der Waals surface area contributed by atoms with Gasteiger partial charge >= 0.3 is 5.97 Å². The molecule has 1 saturated carbocycles. The molecule has 2 aliphatic rings. The van der Waals surface area contributed by atoms with E-state index in [1.807, 2.05) is 0 Å². The number of esters is 1. The van der Waals surface area contributed by atoms with Crippen LogP contribution in [0.3, 0.4) is 0 Å². The number of carbonyl (C=O) groups is 1. The second-order valence-corrected chi connectivity index (χ2v) is 6.41. The predicted octanol–water partition coefficient (Wildman–Crippen LogP) is 0.776. The zero-order chi connectivity index (χ0) is 11.4. The van der Waals surface area contributed by atoms with Crippen molar-refractivity contribution in [1.29, 1.82) is 0 Å². The summed E-state index contributed by atoms with van der Waals surface area (Å²) in [6, 6.07) is 8.09. The van der Waals surface area contributed by atoms with Gasteiger partial charge in [0.2, 0.25) is 0 Å². The molecule has 0 bridgehead atoms. The average molecular weight is 238 g/mol. The van der Waals surface area contributed by atoms with Gasteiger partial charge in [0, 0.05) is 5.92 Å². The monoisotopic (exact) mass is 238 g/mol. The second-order valence-electron chi connectivity index (χ2n) is 4.21. The lowest BCUT2D eigenvalue weighted by Crippen LogP contribution is -2.31. The third kappa shape index (κ3) is 0.988. The Morgan fingerprint density at radius 2 is 1.94 bits per heavy atom. The summed E-state index contributed by atoms with van der Waals surface area (Å²) < 4.78 is 28.2. The van der Waals surface area contributed by atoms with Crippen molar-refractivity contribution in [2.45, 2.75) is 16.1 Å². The van der Waals surface area contributed by atoms with Crippen LogP contribution in [0.2, 0.25) is 0 Å². The highest BCUT2D eigenvalue weighted by molar-refractivity contribution is 7.94. The number of hydrogen-bond donors (Lipinski definition) is 0. The molecule has 0 radical (unpaired) electrons. The van der Waals surface area contributed by atoms with Gasteiger partial charge in [0.05, 0.1) is 11.5 Å². The fourth-order valence-electron chi connectivity index (χ4n) is 2.30. The van der Waals surface area contributed by atoms with Crippen LogP contribution in [0.5, 0.6) is 0 Å². The molecule has 2 fully saturated rings. The lowest BCUT2D eigenvalue weighted by Gasteiger charge is -2.10. The Morgan fingerprint density at radius 3 is 2.44 bits per heavy atom. The summed E-state index contributed by atoms with van der Waals surface area (Å²) in [5.74, 6) is -0.730. The van der Waals surface area contributed by atoms with Crippen molar-refractivity contribution in [1.82, 2.24) is 0 Å². The molecule has 2 atom stereocenters. The molecule has 0 aromatic heterocycles. The summed E-state index contributed by atoms with van der Waals surface area (Å²) in [5, 5.41) is 0. The molecule has 4 nitrogen and oxygen atoms in total. The van der Waals surface area contributed by atoms with E-state index in [1.165, 1.54) is 12.1 Å². The highest BCUT2D eigenvalue weighted by Gasteiger charge is 2.74. The first-order valence-electron chi connectivity index (χ1n) is 5.06. The van der Waals surface area contributed by atoms with E-state index < -0.39 is 20.6 Å². The molecule has 5 heteroatoms. The number of fused-ring (bicyclic) bond motifs is 1. The first kappa shape index (κ1) is 9.84. The molecular weight excluding hydrogens is 228 g/mol. The van der Waals surface area contributed by atoms with E-state index in [2.05, 4.69) is 0 Å². The summed E-state index contributed by atoms with van der Waals surface area (Å²) in [4.78, 5) is 11.8. The molecule has 0 amide bonds. The minimum absolute atomic E-state index is 0.148. The summed E-state index contributed by atoms with van der Waals surface area (Å²) >= 11 is 0. The summed E-state index contributed by atoms with van der Waals surface area (Å²) in [6.07, 6.45) is 0.406. The number of sulfone groups is 1. The molecule has 1 saturated heterocycles. The van der Waals surface area contributed by atoms with Gasteiger partial charge in [-0.1, -0.05) is 18.2 Å². The number of benzene rings is 1. The van der Waals surface area contributed by atoms with Crippen molar-refractivity contribution in [3.05, 3.63) is 30.3 Å². The van der Waals surface area contributed by atoms with E-state index in [9.17, 15) is 13.2 Å². The van der Waals surface area contributed by atoms with Crippen molar-refractivity contribution in [2.24, 2.45) is 5.92 Å². The Bertz CT molecular complexity index is 549. The van der Waals surface area contributed by atoms with Gasteiger partial charge in [-0.2, -0.15) is 0 Å². The Hall–Kier alpha value is -1.36. The van der Waals surface area contributed by atoms with Crippen molar-refractivity contribution in [3.8, 4) is 0 Å². The SMILES string of the molecule is O=C1OC[C@@H]2C[C@]12S(=O)(=O)c1ccccc1. The van der Waals surface area contributed by atoms with Gasteiger partial charge in [0.15, 0.2) is 14.6 Å². The molecule has 0 spiro atoms. The Balaban J connectivity index is 2.12. The largest absolute Gasteiger partial charge is 0.464 e. The van der Waals surface area contributed by atoms with Crippen molar-refractivity contribution >= 4 is 15.8 Å². The van der Waals surface area contributed by atoms with Crippen LogP contribution in [0, 0.1) is 5.92 Å². The molecule has 0 unspecified atom stereocenters. The molecule has 16 heavy (non-hydrogen) atoms. The lowest BCUT2D eigenvalue weighted by molar-refractivity contribution is -0.140. The van der Waals surface area contributed by atoms with Gasteiger partial charge in [-0.15, -0.1) is 0 Å². The van der Waals surface area contributed by atoms with Crippen molar-refractivity contribution in [3.63, 3.8) is 0 Å². The van der Waals surface area contributed by atoms with Crippen LogP contribution in [0.25, 0.3) is 0 Å². The fraction of sp³-hybridized carbons (Fsp3) is 0.364. The lowest BCUT2D eigenvalue weighted by atomic mass is 10.4. The maximum atomic E-state index is 12.3. The molecule has 0 N–H and O–H groups in total. The minimum atomic E-state index is -3.59. The highest BCUT2D eigenvalue weighted by Crippen LogP contribution is 2.57. The smallest absolute Gasteiger partial charge is 0.328 e. The molecule has 1 aromatic carbocycles. The van der Waals surface area contributed by atoms with Gasteiger partial charge in [-0.05, 0) is 18.6 Å². The third-order valence-corrected chi connectivity index (χ3v) is 5.86. The molecule has 1 heterocycles. The van der Waals surface area contributed by atoms with E-state index in [1.54, 1.807) is 18.2 Å². The molecule has 84 valence electrons. The van der Waals surface area contributed by atoms with Crippen LogP contribution < -0.4 is 0 Å². The van der Waals surface area contributed by atoms with Crippen molar-refractivity contribution < 1.29 is 17.9 Å². The number of rotatable bonds is 2. The van der Waals surface area contributed by atoms with Crippen molar-refractivity contribution in [2.75, 3.05) is 6.61 Å². The second kappa shape index (κ2) is 2.85. The van der Waals surface area contributed by atoms with Gasteiger partial charge in [0.1, 0.15) is 0 Å².